The molecular formula is C12H10ClN5. The maximum Gasteiger partial charge on any atom is 0.126 e. The topological polar surface area (TPSA) is 72.5 Å². The van der Waals surface area contributed by atoms with Gasteiger partial charge in [0, 0.05) is 11.8 Å². The number of nitrogen functional groups attached to an aromatic ring is 1. The normalized spacial score (nSPS) is 10.7. The quantitative estimate of drug-likeness (QED) is 0.743. The Morgan fingerprint density at radius 1 is 1.17 bits per heavy atom. The zero-order chi connectivity index (χ0) is 12.5. The van der Waals surface area contributed by atoms with Gasteiger partial charge in [0.15, 0.2) is 0 Å². The van der Waals surface area contributed by atoms with E-state index in [9.17, 15) is 0 Å². The highest BCUT2D eigenvalue weighted by molar-refractivity contribution is 6.30. The van der Waals surface area contributed by atoms with Gasteiger partial charge in [0.05, 0.1) is 23.1 Å². The van der Waals surface area contributed by atoms with Crippen LogP contribution in [0.5, 0.6) is 0 Å². The highest BCUT2D eigenvalue weighted by Gasteiger charge is 2.05. The second-order valence-electron chi connectivity index (χ2n) is 3.85. The number of hydrogen-bond donors (Lipinski definition) is 2. The van der Waals surface area contributed by atoms with Crippen LogP contribution in [0.4, 0.5) is 5.82 Å². The van der Waals surface area contributed by atoms with E-state index in [1.54, 1.807) is 23.3 Å². The van der Waals surface area contributed by atoms with Crippen LogP contribution in [0.2, 0.25) is 5.02 Å². The van der Waals surface area contributed by atoms with Crippen molar-refractivity contribution in [3.63, 3.8) is 0 Å². The average molecular weight is 260 g/mol. The third kappa shape index (κ3) is 1.84. The summed E-state index contributed by atoms with van der Waals surface area (Å²) in [5, 5.41) is 11.4. The van der Waals surface area contributed by atoms with Crippen molar-refractivity contribution in [2.45, 2.75) is 0 Å². The summed E-state index contributed by atoms with van der Waals surface area (Å²) in [6.45, 7) is 0. The Kier molecular flexibility index (Phi) is 2.53. The molecule has 3 aromatic rings. The number of anilines is 1. The van der Waals surface area contributed by atoms with Gasteiger partial charge < -0.3 is 5.73 Å². The third-order valence-corrected chi connectivity index (χ3v) is 2.86. The highest BCUT2D eigenvalue weighted by atomic mass is 35.5. The van der Waals surface area contributed by atoms with Crippen LogP contribution in [0, 0.1) is 0 Å². The van der Waals surface area contributed by atoms with E-state index in [1.807, 2.05) is 24.3 Å². The molecule has 0 amide bonds. The summed E-state index contributed by atoms with van der Waals surface area (Å²) in [7, 11) is 0. The molecule has 0 aliphatic carbocycles. The van der Waals surface area contributed by atoms with Crippen LogP contribution in [0.25, 0.3) is 16.8 Å². The molecule has 0 radical (unpaired) electrons. The maximum atomic E-state index is 5.83. The van der Waals surface area contributed by atoms with Crippen molar-refractivity contribution >= 4 is 17.4 Å². The van der Waals surface area contributed by atoms with E-state index in [4.69, 9.17) is 17.3 Å². The Morgan fingerprint density at radius 3 is 2.50 bits per heavy atom. The summed E-state index contributed by atoms with van der Waals surface area (Å²) in [6, 6.07) is 7.83. The number of nitrogens with zero attached hydrogens (tertiary/aromatic N) is 3. The van der Waals surface area contributed by atoms with Gasteiger partial charge in [0.2, 0.25) is 0 Å². The van der Waals surface area contributed by atoms with E-state index in [2.05, 4.69) is 15.3 Å². The molecule has 0 atom stereocenters. The first-order chi connectivity index (χ1) is 8.74. The SMILES string of the molecule is Nc1[nH]ncc1-c1ccc(-n2cc(Cl)cn2)cc1. The Hall–Kier alpha value is -2.27. The Balaban J connectivity index is 1.97. The zero-order valence-electron chi connectivity index (χ0n) is 9.34. The molecule has 0 saturated carbocycles. The number of aromatic nitrogens is 4. The molecule has 3 N–H and O–H groups in total. The van der Waals surface area contributed by atoms with Gasteiger partial charge in [-0.2, -0.15) is 10.2 Å². The van der Waals surface area contributed by atoms with Gasteiger partial charge in [0.25, 0.3) is 0 Å². The number of aromatic amines is 1. The molecule has 2 heterocycles. The van der Waals surface area contributed by atoms with Crippen LogP contribution in [-0.4, -0.2) is 20.0 Å². The van der Waals surface area contributed by atoms with Crippen molar-refractivity contribution in [2.24, 2.45) is 0 Å². The molecular weight excluding hydrogens is 250 g/mol. The molecule has 18 heavy (non-hydrogen) atoms. The van der Waals surface area contributed by atoms with Crippen LogP contribution in [-0.2, 0) is 0 Å². The molecule has 0 aliphatic rings. The summed E-state index contributed by atoms with van der Waals surface area (Å²) < 4.78 is 1.71. The van der Waals surface area contributed by atoms with Crippen molar-refractivity contribution in [1.29, 1.82) is 0 Å². The standard InChI is InChI=1S/C12H10ClN5/c13-9-5-16-18(7-9)10-3-1-8(2-4-10)11-6-15-17-12(11)14/h1-7H,(H3,14,15,17). The van der Waals surface area contributed by atoms with Crippen molar-refractivity contribution < 1.29 is 0 Å². The van der Waals surface area contributed by atoms with Crippen LogP contribution in [0.1, 0.15) is 0 Å². The summed E-state index contributed by atoms with van der Waals surface area (Å²) >= 11 is 5.83. The smallest absolute Gasteiger partial charge is 0.126 e. The van der Waals surface area contributed by atoms with E-state index in [0.717, 1.165) is 16.8 Å². The van der Waals surface area contributed by atoms with Crippen LogP contribution in [0.15, 0.2) is 42.9 Å². The van der Waals surface area contributed by atoms with E-state index in [1.165, 1.54) is 0 Å². The molecule has 0 aliphatic heterocycles. The van der Waals surface area contributed by atoms with E-state index in [0.29, 0.717) is 10.8 Å². The van der Waals surface area contributed by atoms with Crippen LogP contribution < -0.4 is 5.73 Å². The van der Waals surface area contributed by atoms with Gasteiger partial charge in [-0.1, -0.05) is 23.7 Å². The van der Waals surface area contributed by atoms with Gasteiger partial charge in [-0.05, 0) is 17.7 Å². The fraction of sp³-hybridized carbons (Fsp3) is 0. The summed E-state index contributed by atoms with van der Waals surface area (Å²) in [6.07, 6.45) is 5.06. The molecule has 90 valence electrons. The summed E-state index contributed by atoms with van der Waals surface area (Å²) in [4.78, 5) is 0. The van der Waals surface area contributed by atoms with Crippen LogP contribution >= 0.6 is 11.6 Å². The molecule has 6 heteroatoms. The fourth-order valence-electron chi connectivity index (χ4n) is 1.76. The number of nitrogens with one attached hydrogen (secondary N) is 1. The average Bonchev–Trinajstić information content (AvgIpc) is 2.98. The largest absolute Gasteiger partial charge is 0.384 e. The zero-order valence-corrected chi connectivity index (χ0v) is 10.1. The van der Waals surface area contributed by atoms with Crippen molar-refractivity contribution in [3.8, 4) is 16.8 Å². The molecule has 0 saturated heterocycles. The minimum Gasteiger partial charge on any atom is -0.384 e. The predicted molar refractivity (Wildman–Crippen MR) is 70.6 cm³/mol. The first kappa shape index (κ1) is 10.9. The van der Waals surface area contributed by atoms with Crippen molar-refractivity contribution in [2.75, 3.05) is 5.73 Å². The Morgan fingerprint density at radius 2 is 1.94 bits per heavy atom. The van der Waals surface area contributed by atoms with E-state index >= 15 is 0 Å². The summed E-state index contributed by atoms with van der Waals surface area (Å²) in [5.41, 5.74) is 8.60. The van der Waals surface area contributed by atoms with Gasteiger partial charge >= 0.3 is 0 Å². The lowest BCUT2D eigenvalue weighted by atomic mass is 10.1. The second kappa shape index (κ2) is 4.19. The van der Waals surface area contributed by atoms with Crippen molar-refractivity contribution in [3.05, 3.63) is 47.9 Å². The molecule has 1 aromatic carbocycles. The number of hydrogen-bond acceptors (Lipinski definition) is 3. The summed E-state index contributed by atoms with van der Waals surface area (Å²) in [5.74, 6) is 0.560. The minimum atomic E-state index is 0.560. The molecule has 3 rings (SSSR count). The highest BCUT2D eigenvalue weighted by Crippen LogP contribution is 2.24. The monoisotopic (exact) mass is 259 g/mol. The fourth-order valence-corrected chi connectivity index (χ4v) is 1.90. The first-order valence-corrected chi connectivity index (χ1v) is 5.71. The maximum absolute atomic E-state index is 5.83. The molecule has 0 fully saturated rings. The third-order valence-electron chi connectivity index (χ3n) is 2.66. The number of halogens is 1. The first-order valence-electron chi connectivity index (χ1n) is 5.34. The number of nitrogens with two attached hydrogens (primary N) is 1. The second-order valence-corrected chi connectivity index (χ2v) is 4.28. The van der Waals surface area contributed by atoms with Crippen LogP contribution in [0.3, 0.4) is 0 Å². The lowest BCUT2D eigenvalue weighted by Gasteiger charge is -2.03. The predicted octanol–water partition coefficient (Wildman–Crippen LogP) is 2.50. The molecule has 0 unspecified atom stereocenters. The molecule has 0 bridgehead atoms. The Labute approximate surface area is 108 Å². The van der Waals surface area contributed by atoms with Gasteiger partial charge in [0.1, 0.15) is 5.82 Å². The Bertz CT molecular complexity index is 668. The van der Waals surface area contributed by atoms with E-state index in [-0.39, 0.29) is 0 Å². The lowest BCUT2D eigenvalue weighted by molar-refractivity contribution is 0.881. The molecule has 2 aromatic heterocycles. The minimum absolute atomic E-state index is 0.560. The number of H-pyrrole nitrogens is 1. The molecule has 5 nitrogen and oxygen atoms in total. The van der Waals surface area contributed by atoms with Gasteiger partial charge in [-0.15, -0.1) is 0 Å². The van der Waals surface area contributed by atoms with Crippen molar-refractivity contribution in [1.82, 2.24) is 20.0 Å². The van der Waals surface area contributed by atoms with E-state index < -0.39 is 0 Å². The van der Waals surface area contributed by atoms with Gasteiger partial charge in [-0.3, -0.25) is 5.10 Å². The molecule has 0 spiro atoms. The van der Waals surface area contributed by atoms with Gasteiger partial charge in [-0.25, -0.2) is 4.68 Å². The number of benzene rings is 1. The lowest BCUT2D eigenvalue weighted by Crippen LogP contribution is -1.93. The number of rotatable bonds is 2.